The molecular formula is H5BO6SiZn2. The molecule has 0 spiro atoms. The van der Waals surface area contributed by atoms with E-state index in [9.17, 15) is 0 Å². The summed E-state index contributed by atoms with van der Waals surface area (Å²) in [4.78, 5) is 14.3. The summed E-state index contributed by atoms with van der Waals surface area (Å²) < 4.78 is 8.74. The molecule has 0 saturated carbocycles. The van der Waals surface area contributed by atoms with Crippen LogP contribution in [-0.4, -0.2) is 41.2 Å². The number of rotatable bonds is 0. The van der Waals surface area contributed by atoms with Crippen molar-refractivity contribution < 1.29 is 68.1 Å². The van der Waals surface area contributed by atoms with Gasteiger partial charge in [-0.05, 0) is 0 Å². The van der Waals surface area contributed by atoms with Crippen molar-refractivity contribution in [2.24, 2.45) is 0 Å². The number of hydrogen-bond acceptors (Lipinski definition) is 4. The van der Waals surface area contributed by atoms with E-state index in [-0.39, 0.29) is 39.0 Å². The molecule has 5 N–H and O–H groups in total. The van der Waals surface area contributed by atoms with E-state index >= 15 is 0 Å². The van der Waals surface area contributed by atoms with Crippen molar-refractivity contribution in [3.05, 3.63) is 0 Å². The van der Waals surface area contributed by atoms with E-state index in [4.69, 9.17) is 29.1 Å². The van der Waals surface area contributed by atoms with Gasteiger partial charge in [0, 0.05) is 39.0 Å². The van der Waals surface area contributed by atoms with E-state index in [2.05, 4.69) is 0 Å². The molecule has 10 heavy (non-hydrogen) atoms. The fourth-order valence-corrected chi connectivity index (χ4v) is 0. The van der Waals surface area contributed by atoms with Gasteiger partial charge in [0.25, 0.3) is 0 Å². The Morgan fingerprint density at radius 1 is 1.00 bits per heavy atom. The van der Waals surface area contributed by atoms with Crippen LogP contribution in [0.4, 0.5) is 0 Å². The maximum Gasteiger partial charge on any atom is 0.761 e. The van der Waals surface area contributed by atoms with Gasteiger partial charge < -0.3 is 24.7 Å². The predicted molar refractivity (Wildman–Crippen MR) is 23.3 cm³/mol. The van der Waals surface area contributed by atoms with Crippen LogP contribution in [0.1, 0.15) is 0 Å². The Balaban J connectivity index is -0.0000000300. The molecule has 10 heteroatoms. The van der Waals surface area contributed by atoms with E-state index in [1.807, 2.05) is 0 Å². The van der Waals surface area contributed by atoms with Crippen molar-refractivity contribution in [2.75, 3.05) is 0 Å². The third kappa shape index (κ3) is 822. The summed E-state index contributed by atoms with van der Waals surface area (Å²) in [6, 6.07) is 0. The van der Waals surface area contributed by atoms with Crippen LogP contribution < -0.4 is 0 Å². The Labute approximate surface area is 84.5 Å². The second kappa shape index (κ2) is 16.4. The average molecular weight is 271 g/mol. The zero-order valence-electron chi connectivity index (χ0n) is 5.14. The van der Waals surface area contributed by atoms with Gasteiger partial charge in [-0.25, -0.2) is 0 Å². The third-order valence-corrected chi connectivity index (χ3v) is 0. The minimum absolute atomic E-state index is 0. The molecule has 0 rings (SSSR count). The topological polar surface area (TPSA) is 118 Å². The molecule has 0 radical (unpaired) electrons. The summed E-state index contributed by atoms with van der Waals surface area (Å²) in [5.41, 5.74) is 0. The van der Waals surface area contributed by atoms with Crippen LogP contribution >= 0.6 is 0 Å². The summed E-state index contributed by atoms with van der Waals surface area (Å²) >= 11 is 0. The minimum atomic E-state index is -3.13. The van der Waals surface area contributed by atoms with Crippen LogP contribution in [0, 0.1) is 0 Å². The Kier molecular flexibility index (Phi) is 36.8. The van der Waals surface area contributed by atoms with Gasteiger partial charge in [-0.3, -0.25) is 4.46 Å². The summed E-state index contributed by atoms with van der Waals surface area (Å²) in [6.45, 7) is 0. The standard InChI is InChI=1S/BH3O3.H2O3Si.2Zn/c2-1(3)4;1-4(2)3;;/h2-4H;1-2H;;. The summed E-state index contributed by atoms with van der Waals surface area (Å²) in [5, 5.41) is 21.5. The number of hydrogen-bond donors (Lipinski definition) is 5. The Morgan fingerprint density at radius 2 is 1.00 bits per heavy atom. The van der Waals surface area contributed by atoms with E-state index in [1.165, 1.54) is 0 Å². The second-order valence-electron chi connectivity index (χ2n) is 0.629. The maximum atomic E-state index is 8.74. The van der Waals surface area contributed by atoms with Gasteiger partial charge in [0.2, 0.25) is 0 Å². The summed E-state index contributed by atoms with van der Waals surface area (Å²) in [7, 11) is -5.30. The first-order valence-corrected chi connectivity index (χ1v) is 2.73. The first kappa shape index (κ1) is 22.4. The van der Waals surface area contributed by atoms with E-state index in [0.29, 0.717) is 0 Å². The largest absolute Gasteiger partial charge is 0.761 e. The molecule has 0 bridgehead atoms. The first-order valence-electron chi connectivity index (χ1n) is 1.43. The Morgan fingerprint density at radius 3 is 1.00 bits per heavy atom. The zero-order chi connectivity index (χ0) is 7.15. The van der Waals surface area contributed by atoms with Crippen LogP contribution in [0.25, 0.3) is 0 Å². The van der Waals surface area contributed by atoms with Crippen molar-refractivity contribution in [3.63, 3.8) is 0 Å². The van der Waals surface area contributed by atoms with Crippen LogP contribution in [0.5, 0.6) is 0 Å². The van der Waals surface area contributed by atoms with Crippen LogP contribution in [0.3, 0.4) is 0 Å². The fraction of sp³-hybridized carbons (Fsp3) is 0. The van der Waals surface area contributed by atoms with Crippen molar-refractivity contribution in [3.8, 4) is 0 Å². The molecule has 6 nitrogen and oxygen atoms in total. The van der Waals surface area contributed by atoms with E-state index in [0.717, 1.165) is 0 Å². The zero-order valence-corrected chi connectivity index (χ0v) is 12.1. The SMILES string of the molecule is O=[Si](O)O.OB(O)O.[Zn].[Zn]. The molecule has 0 aromatic rings. The molecule has 0 aliphatic heterocycles. The van der Waals surface area contributed by atoms with Crippen LogP contribution in [0.2, 0.25) is 0 Å². The van der Waals surface area contributed by atoms with Gasteiger partial charge >= 0.3 is 16.5 Å². The molecule has 0 aliphatic carbocycles. The molecule has 52 valence electrons. The second-order valence-corrected chi connectivity index (χ2v) is 1.19. The molecule has 0 saturated heterocycles. The monoisotopic (exact) mass is 268 g/mol. The molecule has 0 aromatic carbocycles. The van der Waals surface area contributed by atoms with Crippen molar-refractivity contribution >= 4 is 16.5 Å². The average Bonchev–Trinajstić information content (AvgIpc) is 1.25. The molecule has 0 atom stereocenters. The summed E-state index contributed by atoms with van der Waals surface area (Å²) in [5.74, 6) is 0. The Hall–Kier alpha value is 0.809. The van der Waals surface area contributed by atoms with Gasteiger partial charge in [0.05, 0.1) is 0 Å². The van der Waals surface area contributed by atoms with E-state index < -0.39 is 16.5 Å². The molecule has 0 fully saturated rings. The minimum Gasteiger partial charge on any atom is -0.511 e. The van der Waals surface area contributed by atoms with Crippen molar-refractivity contribution in [2.45, 2.75) is 0 Å². The quantitative estimate of drug-likeness (QED) is 0.290. The third-order valence-electron chi connectivity index (χ3n) is 0. The van der Waals surface area contributed by atoms with Gasteiger partial charge in [-0.1, -0.05) is 0 Å². The summed E-state index contributed by atoms with van der Waals surface area (Å²) in [6.07, 6.45) is 0. The van der Waals surface area contributed by atoms with Gasteiger partial charge in [0.15, 0.2) is 0 Å². The normalized spacial score (nSPS) is 5.10. The molecule has 0 heterocycles. The molecule has 0 aliphatic rings. The maximum absolute atomic E-state index is 8.74. The van der Waals surface area contributed by atoms with Gasteiger partial charge in [-0.15, -0.1) is 0 Å². The smallest absolute Gasteiger partial charge is 0.511 e. The molecule has 0 aromatic heterocycles. The van der Waals surface area contributed by atoms with Crippen molar-refractivity contribution in [1.29, 1.82) is 0 Å². The predicted octanol–water partition coefficient (Wildman–Crippen LogP) is -3.67. The first-order chi connectivity index (χ1) is 3.46. The van der Waals surface area contributed by atoms with Crippen LogP contribution in [0.15, 0.2) is 0 Å². The Bertz CT molecular complexity index is 60.0. The van der Waals surface area contributed by atoms with E-state index in [1.54, 1.807) is 0 Å². The van der Waals surface area contributed by atoms with Gasteiger partial charge in [-0.2, -0.15) is 0 Å². The fourth-order valence-electron chi connectivity index (χ4n) is 0. The molecular weight excluding hydrogens is 266 g/mol. The molecule has 0 unspecified atom stereocenters. The van der Waals surface area contributed by atoms with Crippen molar-refractivity contribution in [1.82, 2.24) is 0 Å². The van der Waals surface area contributed by atoms with Gasteiger partial charge in [0.1, 0.15) is 0 Å². The van der Waals surface area contributed by atoms with Crippen LogP contribution in [-0.2, 0) is 43.4 Å². The molecule has 0 amide bonds.